The summed E-state index contributed by atoms with van der Waals surface area (Å²) in [6.07, 6.45) is 1.12. The van der Waals surface area contributed by atoms with Crippen LogP contribution < -0.4 is 4.74 Å². The summed E-state index contributed by atoms with van der Waals surface area (Å²) >= 11 is 0. The predicted octanol–water partition coefficient (Wildman–Crippen LogP) is 2.72. The molecule has 11 heteroatoms. The molecule has 0 spiro atoms. The van der Waals surface area contributed by atoms with Gasteiger partial charge in [0.05, 0.1) is 30.2 Å². The predicted molar refractivity (Wildman–Crippen MR) is 127 cm³/mol. The maximum absolute atomic E-state index is 13.1. The fourth-order valence-corrected chi connectivity index (χ4v) is 5.78. The Labute approximate surface area is 202 Å². The normalized spacial score (nSPS) is 15.2. The van der Waals surface area contributed by atoms with Gasteiger partial charge in [-0.3, -0.25) is 0 Å². The molecule has 3 heterocycles. The van der Waals surface area contributed by atoms with Crippen molar-refractivity contribution in [3.8, 4) is 11.9 Å². The number of nitrogens with zero attached hydrogens (tertiary/aromatic N) is 7. The monoisotopic (exact) mass is 489 g/mol. The third-order valence-corrected chi connectivity index (χ3v) is 8.03. The number of sulfonamides is 1. The van der Waals surface area contributed by atoms with Gasteiger partial charge in [0.15, 0.2) is 11.2 Å². The van der Waals surface area contributed by atoms with E-state index < -0.39 is 10.0 Å². The van der Waals surface area contributed by atoms with Crippen LogP contribution in [0.4, 0.5) is 0 Å². The maximum atomic E-state index is 13.1. The largest absolute Gasteiger partial charge is 0.479 e. The van der Waals surface area contributed by atoms with Crippen LogP contribution in [0.15, 0.2) is 59.5 Å². The van der Waals surface area contributed by atoms with Gasteiger partial charge in [0.1, 0.15) is 5.82 Å². The van der Waals surface area contributed by atoms with Crippen molar-refractivity contribution in [3.63, 3.8) is 0 Å². The summed E-state index contributed by atoms with van der Waals surface area (Å²) in [4.78, 5) is 9.48. The van der Waals surface area contributed by atoms with Gasteiger partial charge >= 0.3 is 0 Å². The third kappa shape index (κ3) is 4.45. The third-order valence-electron chi connectivity index (χ3n) is 6.14. The molecule has 10 nitrogen and oxygen atoms in total. The van der Waals surface area contributed by atoms with Gasteiger partial charge in [0.2, 0.25) is 15.9 Å². The Morgan fingerprint density at radius 3 is 2.57 bits per heavy atom. The van der Waals surface area contributed by atoms with Crippen molar-refractivity contribution in [3.05, 3.63) is 71.5 Å². The molecule has 5 rings (SSSR count). The first-order valence-electron chi connectivity index (χ1n) is 11.2. The van der Waals surface area contributed by atoms with Crippen LogP contribution in [0.5, 0.6) is 5.88 Å². The number of rotatable bonds is 6. The molecule has 2 aromatic carbocycles. The highest BCUT2D eigenvalue weighted by atomic mass is 32.2. The zero-order chi connectivity index (χ0) is 24.4. The Bertz CT molecular complexity index is 1510. The van der Waals surface area contributed by atoms with Gasteiger partial charge in [-0.15, -0.1) is 5.10 Å². The smallest absolute Gasteiger partial charge is 0.247 e. The number of benzene rings is 2. The first-order valence-corrected chi connectivity index (χ1v) is 12.6. The number of piperidine rings is 1. The minimum atomic E-state index is -3.69. The number of methoxy groups -OCH3 is 1. The first-order chi connectivity index (χ1) is 17.0. The summed E-state index contributed by atoms with van der Waals surface area (Å²) in [7, 11) is -2.15. The summed E-state index contributed by atoms with van der Waals surface area (Å²) in [6, 6.07) is 18.0. The number of nitriles is 1. The molecular weight excluding hydrogens is 466 g/mol. The summed E-state index contributed by atoms with van der Waals surface area (Å²) in [5.74, 6) is 0.910. The van der Waals surface area contributed by atoms with E-state index in [0.29, 0.717) is 60.9 Å². The number of fused-ring (bicyclic) bond motifs is 1. The van der Waals surface area contributed by atoms with Crippen LogP contribution in [-0.2, 0) is 16.6 Å². The minimum Gasteiger partial charge on any atom is -0.479 e. The second-order valence-corrected chi connectivity index (χ2v) is 10.3. The van der Waals surface area contributed by atoms with Crippen LogP contribution in [0.25, 0.3) is 11.2 Å². The van der Waals surface area contributed by atoms with Crippen molar-refractivity contribution in [1.29, 1.82) is 5.26 Å². The Morgan fingerprint density at radius 1 is 1.09 bits per heavy atom. The van der Waals surface area contributed by atoms with Gasteiger partial charge in [0.25, 0.3) is 0 Å². The molecule has 1 fully saturated rings. The maximum Gasteiger partial charge on any atom is 0.247 e. The molecule has 0 unspecified atom stereocenters. The zero-order valence-electron chi connectivity index (χ0n) is 19.1. The molecule has 178 valence electrons. The molecule has 0 atom stereocenters. The van der Waals surface area contributed by atoms with Gasteiger partial charge in [-0.05, 0) is 36.6 Å². The van der Waals surface area contributed by atoms with Crippen LogP contribution in [0.2, 0.25) is 0 Å². The van der Waals surface area contributed by atoms with E-state index in [4.69, 9.17) is 15.0 Å². The fraction of sp³-hybridized carbons (Fsp3) is 0.292. The topological polar surface area (TPSA) is 127 Å². The molecule has 0 bridgehead atoms. The highest BCUT2D eigenvalue weighted by Crippen LogP contribution is 2.31. The van der Waals surface area contributed by atoms with Crippen LogP contribution in [0.3, 0.4) is 0 Å². The summed E-state index contributed by atoms with van der Waals surface area (Å²) < 4.78 is 34.9. The van der Waals surface area contributed by atoms with E-state index in [-0.39, 0.29) is 10.8 Å². The molecule has 0 amide bonds. The van der Waals surface area contributed by atoms with Crippen molar-refractivity contribution in [2.45, 2.75) is 30.2 Å². The molecular formula is C24H23N7O3S. The number of aromatic nitrogens is 5. The van der Waals surface area contributed by atoms with Crippen LogP contribution >= 0.6 is 0 Å². The minimum absolute atomic E-state index is 0.0368. The molecule has 0 N–H and O–H groups in total. The van der Waals surface area contributed by atoms with Crippen LogP contribution in [0, 0.1) is 11.3 Å². The SMILES string of the molecule is COc1nc(C2CCN(S(=O)(=O)c3cccc(C#N)c3)CC2)nc2c1nnn2Cc1ccccc1. The highest BCUT2D eigenvalue weighted by Gasteiger charge is 2.32. The zero-order valence-corrected chi connectivity index (χ0v) is 19.9. The van der Waals surface area contributed by atoms with Gasteiger partial charge in [0, 0.05) is 19.0 Å². The van der Waals surface area contributed by atoms with Gasteiger partial charge < -0.3 is 4.74 Å². The molecule has 1 saturated heterocycles. The molecule has 1 aliphatic heterocycles. The Morgan fingerprint density at radius 2 is 1.86 bits per heavy atom. The Hall–Kier alpha value is -3.88. The van der Waals surface area contributed by atoms with Crippen molar-refractivity contribution in [2.24, 2.45) is 0 Å². The molecule has 2 aromatic heterocycles. The van der Waals surface area contributed by atoms with Crippen molar-refractivity contribution >= 4 is 21.2 Å². The lowest BCUT2D eigenvalue weighted by Crippen LogP contribution is -2.38. The number of hydrogen-bond acceptors (Lipinski definition) is 8. The van der Waals surface area contributed by atoms with Gasteiger partial charge in [-0.25, -0.2) is 18.1 Å². The average molecular weight is 490 g/mol. The molecule has 35 heavy (non-hydrogen) atoms. The molecule has 4 aromatic rings. The summed E-state index contributed by atoms with van der Waals surface area (Å²) in [5, 5.41) is 17.6. The van der Waals surface area contributed by atoms with E-state index in [1.807, 2.05) is 36.4 Å². The van der Waals surface area contributed by atoms with E-state index in [0.717, 1.165) is 5.56 Å². The van der Waals surface area contributed by atoms with Crippen molar-refractivity contribution < 1.29 is 13.2 Å². The molecule has 0 saturated carbocycles. The summed E-state index contributed by atoms with van der Waals surface area (Å²) in [6.45, 7) is 1.17. The second-order valence-electron chi connectivity index (χ2n) is 8.31. The average Bonchev–Trinajstić information content (AvgIpc) is 3.31. The lowest BCUT2D eigenvalue weighted by atomic mass is 9.97. The Kier molecular flexibility index (Phi) is 6.15. The quantitative estimate of drug-likeness (QED) is 0.405. The van der Waals surface area contributed by atoms with E-state index in [1.165, 1.54) is 23.5 Å². The van der Waals surface area contributed by atoms with Gasteiger partial charge in [-0.2, -0.15) is 14.6 Å². The molecule has 0 radical (unpaired) electrons. The van der Waals surface area contributed by atoms with Crippen molar-refractivity contribution in [1.82, 2.24) is 29.3 Å². The highest BCUT2D eigenvalue weighted by molar-refractivity contribution is 7.89. The summed E-state index contributed by atoms with van der Waals surface area (Å²) in [5.41, 5.74) is 2.46. The molecule has 0 aliphatic carbocycles. The lowest BCUT2D eigenvalue weighted by molar-refractivity contribution is 0.311. The standard InChI is InChI=1S/C24H23N7O3S/c1-34-24-21-23(31(29-28-21)16-17-6-3-2-4-7-17)26-22(27-24)19-10-12-30(13-11-19)35(32,33)20-9-5-8-18(14-20)15-25/h2-9,14,19H,10-13,16H2,1H3. The van der Waals surface area contributed by atoms with Gasteiger partial charge in [-0.1, -0.05) is 41.6 Å². The van der Waals surface area contributed by atoms with Crippen molar-refractivity contribution in [2.75, 3.05) is 20.2 Å². The van der Waals surface area contributed by atoms with Crippen LogP contribution in [-0.4, -0.2) is 57.9 Å². The number of hydrogen-bond donors (Lipinski definition) is 0. The van der Waals surface area contributed by atoms with E-state index >= 15 is 0 Å². The van der Waals surface area contributed by atoms with E-state index in [2.05, 4.69) is 15.3 Å². The van der Waals surface area contributed by atoms with Crippen LogP contribution in [0.1, 0.15) is 35.7 Å². The fourth-order valence-electron chi connectivity index (χ4n) is 4.26. The number of ether oxygens (including phenoxy) is 1. The molecule has 1 aliphatic rings. The lowest BCUT2D eigenvalue weighted by Gasteiger charge is -2.30. The van der Waals surface area contributed by atoms with E-state index in [9.17, 15) is 8.42 Å². The van der Waals surface area contributed by atoms with E-state index in [1.54, 1.807) is 16.8 Å². The second kappa shape index (κ2) is 9.40. The first kappa shape index (κ1) is 22.9. The Balaban J connectivity index is 1.38.